The highest BCUT2D eigenvalue weighted by molar-refractivity contribution is 5.97. The van der Waals surface area contributed by atoms with Crippen molar-refractivity contribution in [2.75, 3.05) is 25.2 Å². The lowest BCUT2D eigenvalue weighted by Gasteiger charge is -2.41. The fourth-order valence-corrected chi connectivity index (χ4v) is 4.10. The molecule has 1 saturated heterocycles. The van der Waals surface area contributed by atoms with Gasteiger partial charge in [-0.15, -0.1) is 0 Å². The van der Waals surface area contributed by atoms with Crippen LogP contribution in [0.3, 0.4) is 0 Å². The third-order valence-corrected chi connectivity index (χ3v) is 5.64. The summed E-state index contributed by atoms with van der Waals surface area (Å²) >= 11 is 0. The molecule has 0 saturated carbocycles. The summed E-state index contributed by atoms with van der Waals surface area (Å²) in [6, 6.07) is 14.6. The van der Waals surface area contributed by atoms with Crippen molar-refractivity contribution in [1.82, 2.24) is 5.32 Å². The third-order valence-electron chi connectivity index (χ3n) is 5.64. The van der Waals surface area contributed by atoms with Crippen molar-refractivity contribution in [2.45, 2.75) is 39.2 Å². The summed E-state index contributed by atoms with van der Waals surface area (Å²) in [4.78, 5) is 39.7. The maximum Gasteiger partial charge on any atom is 0.307 e. The van der Waals surface area contributed by atoms with Crippen molar-refractivity contribution >= 4 is 23.5 Å². The molecule has 1 fully saturated rings. The molecule has 0 bridgehead atoms. The normalized spacial score (nSPS) is 18.2. The number of aryl methyl sites for hydroxylation is 1. The van der Waals surface area contributed by atoms with E-state index in [0.29, 0.717) is 18.8 Å². The molecular formula is C25H30N2O5. The van der Waals surface area contributed by atoms with Crippen LogP contribution in [0.2, 0.25) is 0 Å². The minimum absolute atomic E-state index is 0.0414. The highest BCUT2D eigenvalue weighted by Gasteiger charge is 2.42. The molecule has 2 aromatic carbocycles. The second kappa shape index (κ2) is 10.8. The van der Waals surface area contributed by atoms with E-state index >= 15 is 0 Å². The van der Waals surface area contributed by atoms with Gasteiger partial charge in [-0.05, 0) is 38.5 Å². The lowest BCUT2D eigenvalue weighted by Crippen LogP contribution is -2.48. The fourth-order valence-electron chi connectivity index (χ4n) is 4.10. The molecular weight excluding hydrogens is 408 g/mol. The van der Waals surface area contributed by atoms with E-state index in [-0.39, 0.29) is 37.2 Å². The molecule has 0 aromatic heterocycles. The van der Waals surface area contributed by atoms with Gasteiger partial charge in [0.1, 0.15) is 5.75 Å². The van der Waals surface area contributed by atoms with Gasteiger partial charge in [-0.1, -0.05) is 35.9 Å². The van der Waals surface area contributed by atoms with E-state index in [1.54, 1.807) is 18.9 Å². The van der Waals surface area contributed by atoms with Gasteiger partial charge in [0, 0.05) is 24.2 Å². The van der Waals surface area contributed by atoms with Crippen molar-refractivity contribution in [2.24, 2.45) is 5.92 Å². The van der Waals surface area contributed by atoms with Crippen LogP contribution in [0.5, 0.6) is 5.75 Å². The van der Waals surface area contributed by atoms with E-state index in [9.17, 15) is 14.4 Å². The van der Waals surface area contributed by atoms with E-state index in [1.165, 1.54) is 0 Å². The zero-order valence-corrected chi connectivity index (χ0v) is 18.8. The number of nitrogens with zero attached hydrogens (tertiary/aromatic N) is 1. The molecule has 3 rings (SSSR count). The molecule has 1 aliphatic heterocycles. The van der Waals surface area contributed by atoms with Gasteiger partial charge in [0.25, 0.3) is 0 Å². The Morgan fingerprint density at radius 3 is 2.53 bits per heavy atom. The molecule has 2 aromatic rings. The Bertz CT molecular complexity index is 957. The molecule has 7 heteroatoms. The van der Waals surface area contributed by atoms with Gasteiger partial charge in [0.05, 0.1) is 32.1 Å². The van der Waals surface area contributed by atoms with Gasteiger partial charge < -0.3 is 19.7 Å². The van der Waals surface area contributed by atoms with Gasteiger partial charge in [-0.3, -0.25) is 14.4 Å². The number of hydrogen-bond donors (Lipinski definition) is 1. The maximum absolute atomic E-state index is 13.2. The first-order valence-electron chi connectivity index (χ1n) is 10.9. The smallest absolute Gasteiger partial charge is 0.307 e. The van der Waals surface area contributed by atoms with E-state index in [0.717, 1.165) is 16.8 Å². The summed E-state index contributed by atoms with van der Waals surface area (Å²) in [5.41, 5.74) is 2.59. The summed E-state index contributed by atoms with van der Waals surface area (Å²) in [6.07, 6.45) is 0.775. The number of ether oxygens (including phenoxy) is 2. The zero-order valence-electron chi connectivity index (χ0n) is 18.8. The number of benzene rings is 2. The number of anilines is 1. The second-order valence-electron chi connectivity index (χ2n) is 7.78. The second-order valence-corrected chi connectivity index (χ2v) is 7.78. The topological polar surface area (TPSA) is 84.9 Å². The van der Waals surface area contributed by atoms with Crippen LogP contribution < -0.4 is 15.0 Å². The van der Waals surface area contributed by atoms with E-state index in [2.05, 4.69) is 5.32 Å². The lowest BCUT2D eigenvalue weighted by atomic mass is 9.82. The number of rotatable bonds is 8. The number of esters is 1. The standard InChI is InChI=1S/C25H30N2O5/c1-4-32-23(29)15-16-26-25(30)20-13-14-22(28)27(18-11-9-17(2)10-12-18)24(20)19-7-5-6-8-21(19)31-3/h5-12,20,24H,4,13-16H2,1-3H3,(H,26,30). The summed E-state index contributed by atoms with van der Waals surface area (Å²) < 4.78 is 10.5. The molecule has 0 aliphatic carbocycles. The van der Waals surface area contributed by atoms with Crippen LogP contribution in [0, 0.1) is 12.8 Å². The Morgan fingerprint density at radius 2 is 1.84 bits per heavy atom. The predicted octanol–water partition coefficient (Wildman–Crippen LogP) is 3.56. The van der Waals surface area contributed by atoms with Crippen LogP contribution >= 0.6 is 0 Å². The number of piperidine rings is 1. The monoisotopic (exact) mass is 438 g/mol. The van der Waals surface area contributed by atoms with Crippen molar-refractivity contribution < 1.29 is 23.9 Å². The highest BCUT2D eigenvalue weighted by atomic mass is 16.5. The molecule has 2 amide bonds. The highest BCUT2D eigenvalue weighted by Crippen LogP contribution is 2.43. The molecule has 2 unspecified atom stereocenters. The summed E-state index contributed by atoms with van der Waals surface area (Å²) in [6.45, 7) is 4.22. The third kappa shape index (κ3) is 5.28. The molecule has 32 heavy (non-hydrogen) atoms. The van der Waals surface area contributed by atoms with Gasteiger partial charge in [0.2, 0.25) is 11.8 Å². The van der Waals surface area contributed by atoms with Crippen molar-refractivity contribution in [3.63, 3.8) is 0 Å². The number of para-hydroxylation sites is 1. The van der Waals surface area contributed by atoms with Crippen LogP contribution in [0.1, 0.15) is 43.4 Å². The Hall–Kier alpha value is -3.35. The summed E-state index contributed by atoms with van der Waals surface area (Å²) in [5.74, 6) is -0.467. The van der Waals surface area contributed by atoms with Gasteiger partial charge in [-0.2, -0.15) is 0 Å². The maximum atomic E-state index is 13.2. The number of methoxy groups -OCH3 is 1. The first-order chi connectivity index (χ1) is 15.5. The van der Waals surface area contributed by atoms with Crippen LogP contribution in [-0.2, 0) is 19.1 Å². The first kappa shape index (κ1) is 23.3. The molecule has 1 aliphatic rings. The zero-order chi connectivity index (χ0) is 23.1. The van der Waals surface area contributed by atoms with E-state index < -0.39 is 12.0 Å². The van der Waals surface area contributed by atoms with E-state index in [1.807, 2.05) is 55.5 Å². The molecule has 2 atom stereocenters. The fraction of sp³-hybridized carbons (Fsp3) is 0.400. The van der Waals surface area contributed by atoms with Crippen LogP contribution in [0.15, 0.2) is 48.5 Å². The van der Waals surface area contributed by atoms with Gasteiger partial charge in [0.15, 0.2) is 0 Å². The molecule has 0 radical (unpaired) electrons. The average molecular weight is 439 g/mol. The Kier molecular flexibility index (Phi) is 7.87. The largest absolute Gasteiger partial charge is 0.496 e. The first-order valence-corrected chi connectivity index (χ1v) is 10.9. The van der Waals surface area contributed by atoms with Crippen LogP contribution in [-0.4, -0.2) is 38.0 Å². The number of amides is 2. The Labute approximate surface area is 188 Å². The number of hydrogen-bond acceptors (Lipinski definition) is 5. The minimum atomic E-state index is -0.530. The number of carbonyl (C=O) groups is 3. The Balaban J connectivity index is 1.94. The molecule has 1 N–H and O–H groups in total. The molecule has 1 heterocycles. The van der Waals surface area contributed by atoms with Crippen molar-refractivity contribution in [3.8, 4) is 5.75 Å². The average Bonchev–Trinajstić information content (AvgIpc) is 2.79. The van der Waals surface area contributed by atoms with E-state index in [4.69, 9.17) is 9.47 Å². The van der Waals surface area contributed by atoms with Crippen molar-refractivity contribution in [3.05, 3.63) is 59.7 Å². The summed E-state index contributed by atoms with van der Waals surface area (Å²) in [7, 11) is 1.58. The van der Waals surface area contributed by atoms with Gasteiger partial charge >= 0.3 is 5.97 Å². The Morgan fingerprint density at radius 1 is 1.12 bits per heavy atom. The molecule has 170 valence electrons. The van der Waals surface area contributed by atoms with Gasteiger partial charge in [-0.25, -0.2) is 0 Å². The molecule has 0 spiro atoms. The predicted molar refractivity (Wildman–Crippen MR) is 121 cm³/mol. The van der Waals surface area contributed by atoms with Crippen LogP contribution in [0.25, 0.3) is 0 Å². The SMILES string of the molecule is CCOC(=O)CCNC(=O)C1CCC(=O)N(c2ccc(C)cc2)C1c1ccccc1OC. The van der Waals surface area contributed by atoms with Crippen molar-refractivity contribution in [1.29, 1.82) is 0 Å². The number of carbonyl (C=O) groups excluding carboxylic acids is 3. The lowest BCUT2D eigenvalue weighted by molar-refractivity contribution is -0.143. The minimum Gasteiger partial charge on any atom is -0.496 e. The van der Waals surface area contributed by atoms with Crippen LogP contribution in [0.4, 0.5) is 5.69 Å². The number of nitrogens with one attached hydrogen (secondary N) is 1. The molecule has 7 nitrogen and oxygen atoms in total. The quantitative estimate of drug-likeness (QED) is 0.637. The summed E-state index contributed by atoms with van der Waals surface area (Å²) in [5, 5.41) is 2.86.